The molecule has 0 saturated heterocycles. The summed E-state index contributed by atoms with van der Waals surface area (Å²) in [5.74, 6) is -0.675. The van der Waals surface area contributed by atoms with Crippen LogP contribution in [0.2, 0.25) is 0 Å². The molecule has 0 spiro atoms. The first kappa shape index (κ1) is 16.4. The van der Waals surface area contributed by atoms with Crippen LogP contribution in [0.25, 0.3) is 10.9 Å². The number of H-pyrrole nitrogens is 1. The molecule has 8 heteroatoms. The SMILES string of the molecule is CCc1c(C(=O)ON(C)c2ncccc2[N+](=O)[O-])[nH]c2ccccc12. The number of hydrogen-bond acceptors (Lipinski definition) is 6. The lowest BCUT2D eigenvalue weighted by atomic mass is 10.1. The Labute approximate surface area is 143 Å². The van der Waals surface area contributed by atoms with Crippen LogP contribution in [0.3, 0.4) is 0 Å². The third-order valence-corrected chi connectivity index (χ3v) is 3.85. The van der Waals surface area contributed by atoms with Crippen molar-refractivity contribution < 1.29 is 14.6 Å². The number of fused-ring (bicyclic) bond motifs is 1. The molecular weight excluding hydrogens is 324 g/mol. The monoisotopic (exact) mass is 340 g/mol. The quantitative estimate of drug-likeness (QED) is 0.565. The van der Waals surface area contributed by atoms with Gasteiger partial charge >= 0.3 is 11.7 Å². The second-order valence-electron chi connectivity index (χ2n) is 5.36. The van der Waals surface area contributed by atoms with E-state index in [-0.39, 0.29) is 11.5 Å². The number of hydrogen-bond donors (Lipinski definition) is 1. The average molecular weight is 340 g/mol. The van der Waals surface area contributed by atoms with Gasteiger partial charge in [0, 0.05) is 30.2 Å². The second kappa shape index (κ2) is 6.60. The van der Waals surface area contributed by atoms with E-state index >= 15 is 0 Å². The molecule has 3 rings (SSSR count). The van der Waals surface area contributed by atoms with Crippen LogP contribution in [0.1, 0.15) is 23.0 Å². The molecule has 128 valence electrons. The van der Waals surface area contributed by atoms with Crippen LogP contribution in [-0.4, -0.2) is 27.9 Å². The van der Waals surface area contributed by atoms with Crippen LogP contribution in [0.15, 0.2) is 42.6 Å². The van der Waals surface area contributed by atoms with Gasteiger partial charge in [0.15, 0.2) is 0 Å². The molecule has 0 aliphatic rings. The lowest BCUT2D eigenvalue weighted by Gasteiger charge is -2.16. The summed E-state index contributed by atoms with van der Waals surface area (Å²) >= 11 is 0. The number of para-hydroxylation sites is 1. The van der Waals surface area contributed by atoms with Crippen LogP contribution in [0.5, 0.6) is 0 Å². The Balaban J connectivity index is 1.92. The second-order valence-corrected chi connectivity index (χ2v) is 5.36. The minimum atomic E-state index is -0.629. The largest absolute Gasteiger partial charge is 0.379 e. The van der Waals surface area contributed by atoms with Gasteiger partial charge in [-0.1, -0.05) is 25.1 Å². The van der Waals surface area contributed by atoms with E-state index in [1.165, 1.54) is 25.4 Å². The van der Waals surface area contributed by atoms with E-state index in [1.54, 1.807) is 0 Å². The zero-order valence-corrected chi connectivity index (χ0v) is 13.7. The predicted molar refractivity (Wildman–Crippen MR) is 92.4 cm³/mol. The van der Waals surface area contributed by atoms with Crippen LogP contribution >= 0.6 is 0 Å². The molecule has 2 heterocycles. The van der Waals surface area contributed by atoms with E-state index in [0.717, 1.165) is 21.5 Å². The number of hydroxylamine groups is 1. The molecule has 0 amide bonds. The van der Waals surface area contributed by atoms with Gasteiger partial charge in [0.05, 0.1) is 4.92 Å². The number of rotatable bonds is 5. The van der Waals surface area contributed by atoms with Gasteiger partial charge in [0.25, 0.3) is 0 Å². The van der Waals surface area contributed by atoms with Crippen molar-refractivity contribution in [1.82, 2.24) is 9.97 Å². The number of aromatic nitrogens is 2. The molecule has 0 fully saturated rings. The Kier molecular flexibility index (Phi) is 4.34. The van der Waals surface area contributed by atoms with Crippen molar-refractivity contribution in [2.24, 2.45) is 0 Å². The third-order valence-electron chi connectivity index (χ3n) is 3.85. The molecule has 1 N–H and O–H groups in total. The molecule has 1 aromatic carbocycles. The Morgan fingerprint density at radius 3 is 2.80 bits per heavy atom. The number of nitro groups is 1. The number of aryl methyl sites for hydroxylation is 1. The van der Waals surface area contributed by atoms with Gasteiger partial charge in [-0.15, -0.1) is 0 Å². The highest BCUT2D eigenvalue weighted by molar-refractivity contribution is 5.98. The normalized spacial score (nSPS) is 10.6. The van der Waals surface area contributed by atoms with Crippen molar-refractivity contribution in [3.63, 3.8) is 0 Å². The van der Waals surface area contributed by atoms with Gasteiger partial charge in [0.1, 0.15) is 5.69 Å². The van der Waals surface area contributed by atoms with Crippen molar-refractivity contribution >= 4 is 28.4 Å². The van der Waals surface area contributed by atoms with Crippen molar-refractivity contribution in [2.45, 2.75) is 13.3 Å². The molecule has 0 saturated carbocycles. The minimum absolute atomic E-state index is 0.0463. The molecule has 8 nitrogen and oxygen atoms in total. The number of benzene rings is 1. The highest BCUT2D eigenvalue weighted by Gasteiger charge is 2.24. The zero-order chi connectivity index (χ0) is 18.0. The number of anilines is 1. The summed E-state index contributed by atoms with van der Waals surface area (Å²) in [5.41, 5.74) is 1.75. The standard InChI is InChI=1S/C17H16N4O4/c1-3-11-12-7-4-5-8-13(12)19-15(11)17(22)25-20(2)16-14(21(23)24)9-6-10-18-16/h4-10,19H,3H2,1-2H3. The first-order valence-corrected chi connectivity index (χ1v) is 7.68. The molecular formula is C17H16N4O4. The number of carbonyl (C=O) groups excluding carboxylic acids is 1. The summed E-state index contributed by atoms with van der Waals surface area (Å²) in [6.07, 6.45) is 2.04. The van der Waals surface area contributed by atoms with E-state index < -0.39 is 10.9 Å². The van der Waals surface area contributed by atoms with Gasteiger partial charge in [-0.05, 0) is 24.1 Å². The number of carbonyl (C=O) groups is 1. The van der Waals surface area contributed by atoms with Gasteiger partial charge in [-0.2, -0.15) is 5.06 Å². The fourth-order valence-corrected chi connectivity index (χ4v) is 2.73. The molecule has 0 atom stereocenters. The highest BCUT2D eigenvalue weighted by atomic mass is 16.7. The van der Waals surface area contributed by atoms with Crippen LogP contribution in [0, 0.1) is 10.1 Å². The summed E-state index contributed by atoms with van der Waals surface area (Å²) < 4.78 is 0. The van der Waals surface area contributed by atoms with E-state index in [2.05, 4.69) is 9.97 Å². The van der Waals surface area contributed by atoms with Gasteiger partial charge in [0.2, 0.25) is 5.82 Å². The summed E-state index contributed by atoms with van der Waals surface area (Å²) in [7, 11) is 1.40. The third kappa shape index (κ3) is 3.01. The maximum absolute atomic E-state index is 12.6. The van der Waals surface area contributed by atoms with E-state index in [1.807, 2.05) is 31.2 Å². The maximum Gasteiger partial charge on any atom is 0.379 e. The number of nitrogens with one attached hydrogen (secondary N) is 1. The molecule has 0 aliphatic heterocycles. The molecule has 25 heavy (non-hydrogen) atoms. The van der Waals surface area contributed by atoms with Gasteiger partial charge in [-0.3, -0.25) is 10.1 Å². The first-order valence-electron chi connectivity index (χ1n) is 7.68. The Morgan fingerprint density at radius 2 is 2.08 bits per heavy atom. The number of aromatic amines is 1. The van der Waals surface area contributed by atoms with Crippen molar-refractivity contribution in [2.75, 3.05) is 12.1 Å². The first-order chi connectivity index (χ1) is 12.0. The van der Waals surface area contributed by atoms with E-state index in [9.17, 15) is 14.9 Å². The molecule has 0 bridgehead atoms. The highest BCUT2D eigenvalue weighted by Crippen LogP contribution is 2.26. The lowest BCUT2D eigenvalue weighted by molar-refractivity contribution is -0.384. The average Bonchev–Trinajstić information content (AvgIpc) is 3.00. The molecule has 0 radical (unpaired) electrons. The molecule has 0 unspecified atom stereocenters. The fraction of sp³-hybridized carbons (Fsp3) is 0.176. The Morgan fingerprint density at radius 1 is 1.32 bits per heavy atom. The summed E-state index contributed by atoms with van der Waals surface area (Å²) in [6.45, 7) is 1.94. The Bertz CT molecular complexity index is 951. The summed E-state index contributed by atoms with van der Waals surface area (Å²) in [4.78, 5) is 35.3. The molecule has 0 aliphatic carbocycles. The predicted octanol–water partition coefficient (Wildman–Crippen LogP) is 3.24. The van der Waals surface area contributed by atoms with E-state index in [0.29, 0.717) is 12.1 Å². The minimum Gasteiger partial charge on any atom is -0.349 e. The summed E-state index contributed by atoms with van der Waals surface area (Å²) in [5, 5.41) is 13.0. The van der Waals surface area contributed by atoms with Crippen LogP contribution in [0.4, 0.5) is 11.5 Å². The van der Waals surface area contributed by atoms with Gasteiger partial charge in [-0.25, -0.2) is 9.78 Å². The maximum atomic E-state index is 12.6. The lowest BCUT2D eigenvalue weighted by Crippen LogP contribution is -2.25. The fourth-order valence-electron chi connectivity index (χ4n) is 2.73. The van der Waals surface area contributed by atoms with Gasteiger partial charge < -0.3 is 9.82 Å². The topological polar surface area (TPSA) is 101 Å². The van der Waals surface area contributed by atoms with Crippen LogP contribution < -0.4 is 5.06 Å². The van der Waals surface area contributed by atoms with Crippen LogP contribution in [-0.2, 0) is 11.3 Å². The number of nitrogens with zero attached hydrogens (tertiary/aromatic N) is 3. The Hall–Kier alpha value is -3.42. The molecule has 3 aromatic rings. The van der Waals surface area contributed by atoms with Crippen molar-refractivity contribution in [1.29, 1.82) is 0 Å². The summed E-state index contributed by atoms with van der Waals surface area (Å²) in [6, 6.07) is 10.3. The molecule has 2 aromatic heterocycles. The smallest absolute Gasteiger partial charge is 0.349 e. The number of pyridine rings is 1. The van der Waals surface area contributed by atoms with Crippen molar-refractivity contribution in [3.05, 3.63) is 64.0 Å². The van der Waals surface area contributed by atoms with E-state index in [4.69, 9.17) is 4.84 Å². The van der Waals surface area contributed by atoms with Crippen molar-refractivity contribution in [3.8, 4) is 0 Å². The zero-order valence-electron chi connectivity index (χ0n) is 13.7.